The lowest BCUT2D eigenvalue weighted by Crippen LogP contribution is -2.20. The first-order valence-electron chi connectivity index (χ1n) is 3.22. The molecule has 0 aromatic carbocycles. The molecule has 0 unspecified atom stereocenters. The van der Waals surface area contributed by atoms with E-state index in [0.717, 1.165) is 0 Å². The molecule has 0 radical (unpaired) electrons. The van der Waals surface area contributed by atoms with Gasteiger partial charge in [-0.3, -0.25) is 0 Å². The van der Waals surface area contributed by atoms with E-state index >= 15 is 0 Å². The molecule has 66 valence electrons. The van der Waals surface area contributed by atoms with Crippen LogP contribution in [-0.4, -0.2) is 15.1 Å². The molecule has 5 N–H and O–H groups in total. The largest absolute Gasteiger partial charge is 0.382 e. The number of hydrogen-bond donors (Lipinski definition) is 3. The van der Waals surface area contributed by atoms with Gasteiger partial charge in [-0.1, -0.05) is 0 Å². The fourth-order valence-corrected chi connectivity index (χ4v) is 0.743. The Morgan fingerprint density at radius 3 is 2.85 bits per heavy atom. The first-order valence-corrected chi connectivity index (χ1v) is 3.63. The molecule has 0 saturated carbocycles. The lowest BCUT2D eigenvalue weighted by molar-refractivity contribution is 1.17. The van der Waals surface area contributed by atoms with E-state index in [1.54, 1.807) is 0 Å². The third-order valence-electron chi connectivity index (χ3n) is 1.17. The van der Waals surface area contributed by atoms with Gasteiger partial charge < -0.3 is 16.8 Å². The highest BCUT2D eigenvalue weighted by molar-refractivity contribution is 7.80. The summed E-state index contributed by atoms with van der Waals surface area (Å²) in [5, 5.41) is 11.1. The van der Waals surface area contributed by atoms with E-state index in [0.29, 0.717) is 0 Å². The van der Waals surface area contributed by atoms with Gasteiger partial charge in [-0.25, -0.2) is 4.98 Å². The van der Waals surface area contributed by atoms with Gasteiger partial charge in [0.2, 0.25) is 5.95 Å². The van der Waals surface area contributed by atoms with Crippen LogP contribution in [0.3, 0.4) is 0 Å². The van der Waals surface area contributed by atoms with Gasteiger partial charge in [0.1, 0.15) is 17.5 Å². The smallest absolute Gasteiger partial charge is 0.230 e. The average Bonchev–Trinajstić information content (AvgIpc) is 2.03. The predicted molar refractivity (Wildman–Crippen MR) is 51.6 cm³/mol. The standard InChI is InChI=1S/C6H6N6S/c7-1-3-2-10-6(11-4(3)8)12-5(9)13/h2H,(H5,8,9,10,11,12,13). The Balaban J connectivity index is 2.97. The number of hydrogen-bond acceptors (Lipinski definition) is 5. The summed E-state index contributed by atoms with van der Waals surface area (Å²) in [4.78, 5) is 7.51. The molecule has 0 amide bonds. The molecular weight excluding hydrogens is 188 g/mol. The summed E-state index contributed by atoms with van der Waals surface area (Å²) in [6.07, 6.45) is 1.29. The molecule has 1 heterocycles. The molecule has 1 aromatic heterocycles. The van der Waals surface area contributed by atoms with Crippen molar-refractivity contribution >= 4 is 29.1 Å². The summed E-state index contributed by atoms with van der Waals surface area (Å²) in [7, 11) is 0. The van der Waals surface area contributed by atoms with Crippen LogP contribution in [0.25, 0.3) is 0 Å². The van der Waals surface area contributed by atoms with Crippen molar-refractivity contribution in [1.82, 2.24) is 9.97 Å². The molecular formula is C6H6N6S. The van der Waals surface area contributed by atoms with Gasteiger partial charge in [0.25, 0.3) is 0 Å². The maximum absolute atomic E-state index is 8.51. The molecule has 0 bridgehead atoms. The van der Waals surface area contributed by atoms with E-state index < -0.39 is 0 Å². The maximum Gasteiger partial charge on any atom is 0.230 e. The fraction of sp³-hybridized carbons (Fsp3) is 0. The second-order valence-corrected chi connectivity index (χ2v) is 2.53. The van der Waals surface area contributed by atoms with Gasteiger partial charge in [0, 0.05) is 0 Å². The first kappa shape index (κ1) is 9.15. The van der Waals surface area contributed by atoms with Crippen molar-refractivity contribution in [2.24, 2.45) is 5.73 Å². The topological polar surface area (TPSA) is 114 Å². The first-order chi connectivity index (χ1) is 6.13. The van der Waals surface area contributed by atoms with Crippen molar-refractivity contribution in [2.45, 2.75) is 0 Å². The number of aromatic nitrogens is 2. The van der Waals surface area contributed by atoms with Crippen LogP contribution in [0.5, 0.6) is 0 Å². The number of nitriles is 1. The Hall–Kier alpha value is -1.94. The molecule has 0 atom stereocenters. The predicted octanol–water partition coefficient (Wildman–Crippen LogP) is -0.414. The quantitative estimate of drug-likeness (QED) is 0.520. The molecule has 1 rings (SSSR count). The molecule has 0 spiro atoms. The van der Waals surface area contributed by atoms with Crippen molar-refractivity contribution in [1.29, 1.82) is 5.26 Å². The lowest BCUT2D eigenvalue weighted by Gasteiger charge is -2.02. The van der Waals surface area contributed by atoms with Crippen molar-refractivity contribution in [3.63, 3.8) is 0 Å². The van der Waals surface area contributed by atoms with Gasteiger partial charge in [0.05, 0.1) is 6.20 Å². The highest BCUT2D eigenvalue weighted by Crippen LogP contribution is 2.07. The summed E-state index contributed by atoms with van der Waals surface area (Å²) in [5.74, 6) is 0.278. The van der Waals surface area contributed by atoms with Crippen LogP contribution in [0.15, 0.2) is 6.20 Å². The summed E-state index contributed by atoms with van der Waals surface area (Å²) in [5.41, 5.74) is 10.8. The summed E-state index contributed by atoms with van der Waals surface area (Å²) < 4.78 is 0. The third-order valence-corrected chi connectivity index (χ3v) is 1.28. The maximum atomic E-state index is 8.51. The van der Waals surface area contributed by atoms with E-state index in [9.17, 15) is 0 Å². The zero-order valence-corrected chi connectivity index (χ0v) is 7.30. The summed E-state index contributed by atoms with van der Waals surface area (Å²) in [6.45, 7) is 0. The molecule has 0 saturated heterocycles. The van der Waals surface area contributed by atoms with E-state index in [1.165, 1.54) is 6.20 Å². The number of anilines is 2. The normalized spacial score (nSPS) is 8.85. The highest BCUT2D eigenvalue weighted by atomic mass is 32.1. The minimum Gasteiger partial charge on any atom is -0.382 e. The molecule has 0 aliphatic carbocycles. The molecule has 0 aliphatic heterocycles. The lowest BCUT2D eigenvalue weighted by atomic mass is 10.3. The van der Waals surface area contributed by atoms with Crippen LogP contribution >= 0.6 is 12.2 Å². The van der Waals surface area contributed by atoms with Crippen LogP contribution in [-0.2, 0) is 0 Å². The molecule has 6 nitrogen and oxygen atoms in total. The minimum atomic E-state index is 0.0455. The average molecular weight is 194 g/mol. The molecule has 0 aliphatic rings. The van der Waals surface area contributed by atoms with Crippen LogP contribution in [0, 0.1) is 11.3 Å². The van der Waals surface area contributed by atoms with Crippen molar-refractivity contribution < 1.29 is 0 Å². The Bertz CT molecular complexity index is 381. The molecule has 13 heavy (non-hydrogen) atoms. The van der Waals surface area contributed by atoms with Crippen molar-refractivity contribution in [3.8, 4) is 6.07 Å². The van der Waals surface area contributed by atoms with Crippen molar-refractivity contribution in [3.05, 3.63) is 11.8 Å². The molecule has 7 heteroatoms. The van der Waals surface area contributed by atoms with E-state index in [1.807, 2.05) is 6.07 Å². The van der Waals surface area contributed by atoms with Gasteiger partial charge in [-0.05, 0) is 12.2 Å². The number of nitrogen functional groups attached to an aromatic ring is 1. The number of rotatable bonds is 1. The van der Waals surface area contributed by atoms with Crippen LogP contribution in [0.1, 0.15) is 5.56 Å². The van der Waals surface area contributed by atoms with Crippen LogP contribution in [0.2, 0.25) is 0 Å². The summed E-state index contributed by atoms with van der Waals surface area (Å²) >= 11 is 4.56. The second kappa shape index (κ2) is 3.64. The van der Waals surface area contributed by atoms with Crippen LogP contribution in [0.4, 0.5) is 11.8 Å². The Morgan fingerprint density at radius 1 is 1.69 bits per heavy atom. The number of nitrogens with one attached hydrogen (secondary N) is 1. The van der Waals surface area contributed by atoms with Gasteiger partial charge in [-0.15, -0.1) is 0 Å². The highest BCUT2D eigenvalue weighted by Gasteiger charge is 2.02. The monoisotopic (exact) mass is 194 g/mol. The fourth-order valence-electron chi connectivity index (χ4n) is 0.652. The van der Waals surface area contributed by atoms with Gasteiger partial charge in [0.15, 0.2) is 5.11 Å². The zero-order valence-electron chi connectivity index (χ0n) is 6.48. The minimum absolute atomic E-state index is 0.0455. The Morgan fingerprint density at radius 2 is 2.38 bits per heavy atom. The van der Waals surface area contributed by atoms with Crippen LogP contribution < -0.4 is 16.8 Å². The van der Waals surface area contributed by atoms with Gasteiger partial charge >= 0.3 is 0 Å². The SMILES string of the molecule is N#Cc1cnc(NC(N)=S)nc1N. The Labute approximate surface area is 79.6 Å². The zero-order chi connectivity index (χ0) is 9.84. The molecule has 0 fully saturated rings. The van der Waals surface area contributed by atoms with E-state index in [2.05, 4.69) is 27.5 Å². The van der Waals surface area contributed by atoms with Gasteiger partial charge in [-0.2, -0.15) is 10.2 Å². The van der Waals surface area contributed by atoms with Crippen molar-refractivity contribution in [2.75, 3.05) is 11.1 Å². The third kappa shape index (κ3) is 2.25. The number of nitrogens with two attached hydrogens (primary N) is 2. The second-order valence-electron chi connectivity index (χ2n) is 2.09. The molecule has 1 aromatic rings. The Kier molecular flexibility index (Phi) is 2.56. The van der Waals surface area contributed by atoms with E-state index in [4.69, 9.17) is 16.7 Å². The van der Waals surface area contributed by atoms with E-state index in [-0.39, 0.29) is 22.4 Å². The number of thiocarbonyl (C=S) groups is 1. The number of nitrogens with zero attached hydrogens (tertiary/aromatic N) is 3. The summed E-state index contributed by atoms with van der Waals surface area (Å²) in [6, 6.07) is 1.83.